The Morgan fingerprint density at radius 3 is 2.68 bits per heavy atom. The Hall–Kier alpha value is -0.670. The minimum atomic E-state index is -0.489. The van der Waals surface area contributed by atoms with E-state index in [9.17, 15) is 15.0 Å². The van der Waals surface area contributed by atoms with Gasteiger partial charge in [0.05, 0.1) is 12.2 Å². The van der Waals surface area contributed by atoms with Crippen molar-refractivity contribution in [2.24, 2.45) is 28.6 Å². The Bertz CT molecular complexity index is 539. The van der Waals surface area contributed by atoms with E-state index in [1.165, 1.54) is 18.4 Å². The van der Waals surface area contributed by atoms with E-state index in [-0.39, 0.29) is 23.2 Å². The second-order valence-electron chi connectivity index (χ2n) is 8.67. The lowest BCUT2D eigenvalue weighted by Crippen LogP contribution is -2.59. The van der Waals surface area contributed by atoms with Crippen LogP contribution in [0, 0.1) is 28.6 Å². The number of aliphatic hydroxyl groups excluding tert-OH is 2. The molecule has 0 aliphatic heterocycles. The first-order chi connectivity index (χ1) is 10.4. The zero-order valence-corrected chi connectivity index (χ0v) is 13.7. The molecule has 122 valence electrons. The van der Waals surface area contributed by atoms with Crippen LogP contribution in [0.15, 0.2) is 11.6 Å². The molecule has 0 radical (unpaired) electrons. The van der Waals surface area contributed by atoms with Gasteiger partial charge in [-0.25, -0.2) is 0 Å². The summed E-state index contributed by atoms with van der Waals surface area (Å²) in [5.74, 6) is 0.699. The van der Waals surface area contributed by atoms with Crippen LogP contribution in [-0.4, -0.2) is 28.2 Å². The van der Waals surface area contributed by atoms with Gasteiger partial charge in [-0.1, -0.05) is 31.9 Å². The number of hydrogen-bond donors (Lipinski definition) is 2. The molecule has 3 heteroatoms. The molecule has 22 heavy (non-hydrogen) atoms. The largest absolute Gasteiger partial charge is 0.393 e. The number of allylic oxidation sites excluding steroid dienone is 1. The van der Waals surface area contributed by atoms with Gasteiger partial charge in [0, 0.05) is 11.8 Å². The first-order valence-electron chi connectivity index (χ1n) is 8.98. The smallest absolute Gasteiger partial charge is 0.139 e. The average molecular weight is 304 g/mol. The number of carbonyl (C=O) groups excluding carboxylic acids is 1. The van der Waals surface area contributed by atoms with Crippen LogP contribution < -0.4 is 0 Å². The summed E-state index contributed by atoms with van der Waals surface area (Å²) >= 11 is 0. The van der Waals surface area contributed by atoms with Crippen LogP contribution in [0.5, 0.6) is 0 Å². The van der Waals surface area contributed by atoms with Gasteiger partial charge in [-0.05, 0) is 55.3 Å². The maximum absolute atomic E-state index is 12.4. The lowest BCUT2D eigenvalue weighted by Gasteiger charge is -2.59. The van der Waals surface area contributed by atoms with Crippen molar-refractivity contribution in [3.8, 4) is 0 Å². The van der Waals surface area contributed by atoms with Crippen molar-refractivity contribution in [1.29, 1.82) is 0 Å². The molecule has 3 fully saturated rings. The zero-order valence-electron chi connectivity index (χ0n) is 13.7. The third kappa shape index (κ3) is 1.73. The monoisotopic (exact) mass is 304 g/mol. The number of carbonyl (C=O) groups is 1. The predicted octanol–water partition coefficient (Wildman–Crippen LogP) is 2.85. The number of Topliss-reactive ketones (excluding diaryl/α,β-unsaturated/α-hetero) is 1. The maximum atomic E-state index is 12.4. The highest BCUT2D eigenvalue weighted by atomic mass is 16.3. The normalized spacial score (nSPS) is 54.3. The SMILES string of the molecule is C[C@]12CCCCC1=C[C@H](O)[C@@H]1[C@@H]2[C@H](O)C[C@]2(C)C(=O)CC[C@@H]12. The fraction of sp³-hybridized carbons (Fsp3) is 0.842. The molecular weight excluding hydrogens is 276 g/mol. The molecule has 4 aliphatic rings. The standard InChI is InChI=1S/C19H28O3/c1-18-8-4-3-5-11(18)9-13(20)16-12-6-7-15(22)19(12,2)10-14(21)17(16)18/h9,12-14,16-17,20-21H,3-8,10H2,1-2H3/t12-,13-,14+,16+,17-,18-,19-/m0/s1. The Kier molecular flexibility index (Phi) is 3.16. The summed E-state index contributed by atoms with van der Waals surface area (Å²) in [4.78, 5) is 12.4. The number of ketones is 1. The van der Waals surface area contributed by atoms with Crippen LogP contribution in [0.1, 0.15) is 58.8 Å². The zero-order chi connectivity index (χ0) is 15.7. The molecule has 2 N–H and O–H groups in total. The topological polar surface area (TPSA) is 57.5 Å². The van der Waals surface area contributed by atoms with Crippen molar-refractivity contribution >= 4 is 5.78 Å². The summed E-state index contributed by atoms with van der Waals surface area (Å²) in [7, 11) is 0. The molecule has 0 aromatic carbocycles. The fourth-order valence-electron chi connectivity index (χ4n) is 6.57. The van der Waals surface area contributed by atoms with E-state index in [1.54, 1.807) is 0 Å². The van der Waals surface area contributed by atoms with Gasteiger partial charge in [0.15, 0.2) is 0 Å². The molecule has 4 rings (SSSR count). The van der Waals surface area contributed by atoms with E-state index in [0.717, 1.165) is 19.3 Å². The quantitative estimate of drug-likeness (QED) is 0.677. The van der Waals surface area contributed by atoms with Crippen molar-refractivity contribution in [2.45, 2.75) is 71.0 Å². The van der Waals surface area contributed by atoms with Crippen LogP contribution in [0.25, 0.3) is 0 Å². The van der Waals surface area contributed by atoms with E-state index in [0.29, 0.717) is 18.6 Å². The lowest BCUT2D eigenvalue weighted by atomic mass is 9.46. The lowest BCUT2D eigenvalue weighted by molar-refractivity contribution is -0.155. The molecule has 0 unspecified atom stereocenters. The third-order valence-electron chi connectivity index (χ3n) is 7.69. The second-order valence-corrected chi connectivity index (χ2v) is 8.67. The first-order valence-corrected chi connectivity index (χ1v) is 8.98. The van der Waals surface area contributed by atoms with Gasteiger partial charge in [-0.15, -0.1) is 0 Å². The molecule has 3 nitrogen and oxygen atoms in total. The van der Waals surface area contributed by atoms with Gasteiger partial charge in [0.1, 0.15) is 5.78 Å². The number of aliphatic hydroxyl groups is 2. The summed E-state index contributed by atoms with van der Waals surface area (Å²) in [6.07, 6.45) is 7.81. The Balaban J connectivity index is 1.81. The van der Waals surface area contributed by atoms with Crippen molar-refractivity contribution in [1.82, 2.24) is 0 Å². The average Bonchev–Trinajstić information content (AvgIpc) is 2.75. The van der Waals surface area contributed by atoms with Crippen LogP contribution in [0.2, 0.25) is 0 Å². The molecule has 3 saturated carbocycles. The van der Waals surface area contributed by atoms with Gasteiger partial charge < -0.3 is 10.2 Å². The predicted molar refractivity (Wildman–Crippen MR) is 84.1 cm³/mol. The van der Waals surface area contributed by atoms with Crippen molar-refractivity contribution in [3.05, 3.63) is 11.6 Å². The molecule has 0 amide bonds. The van der Waals surface area contributed by atoms with Crippen LogP contribution in [0.4, 0.5) is 0 Å². The van der Waals surface area contributed by atoms with Gasteiger partial charge in [-0.2, -0.15) is 0 Å². The summed E-state index contributed by atoms with van der Waals surface area (Å²) in [5.41, 5.74) is 0.964. The van der Waals surface area contributed by atoms with E-state index < -0.39 is 17.6 Å². The maximum Gasteiger partial charge on any atom is 0.139 e. The molecule has 0 bridgehead atoms. The Morgan fingerprint density at radius 1 is 1.14 bits per heavy atom. The highest BCUT2D eigenvalue weighted by molar-refractivity contribution is 5.87. The van der Waals surface area contributed by atoms with E-state index in [1.807, 2.05) is 6.92 Å². The summed E-state index contributed by atoms with van der Waals surface area (Å²) in [6.45, 7) is 4.33. The van der Waals surface area contributed by atoms with Gasteiger partial charge in [0.2, 0.25) is 0 Å². The van der Waals surface area contributed by atoms with Crippen molar-refractivity contribution < 1.29 is 15.0 Å². The van der Waals surface area contributed by atoms with Gasteiger partial charge in [0.25, 0.3) is 0 Å². The second kappa shape index (κ2) is 4.67. The molecule has 7 atom stereocenters. The molecule has 0 heterocycles. The summed E-state index contributed by atoms with van der Waals surface area (Å²) in [6, 6.07) is 0. The molecular formula is C19H28O3. The summed E-state index contributed by atoms with van der Waals surface area (Å²) < 4.78 is 0. The third-order valence-corrected chi connectivity index (χ3v) is 7.69. The number of fused-ring (bicyclic) bond motifs is 5. The molecule has 4 aliphatic carbocycles. The van der Waals surface area contributed by atoms with E-state index in [4.69, 9.17) is 0 Å². The number of rotatable bonds is 0. The van der Waals surface area contributed by atoms with Crippen LogP contribution in [0.3, 0.4) is 0 Å². The van der Waals surface area contributed by atoms with Gasteiger partial charge >= 0.3 is 0 Å². The number of hydrogen-bond acceptors (Lipinski definition) is 3. The highest BCUT2D eigenvalue weighted by Crippen LogP contribution is 2.63. The van der Waals surface area contributed by atoms with E-state index >= 15 is 0 Å². The van der Waals surface area contributed by atoms with E-state index in [2.05, 4.69) is 13.0 Å². The van der Waals surface area contributed by atoms with Crippen LogP contribution >= 0.6 is 0 Å². The first kappa shape index (κ1) is 14.9. The molecule has 0 aromatic rings. The Labute approximate surface area is 132 Å². The summed E-state index contributed by atoms with van der Waals surface area (Å²) in [5, 5.41) is 21.8. The van der Waals surface area contributed by atoms with Crippen molar-refractivity contribution in [2.75, 3.05) is 0 Å². The van der Waals surface area contributed by atoms with Crippen LogP contribution in [-0.2, 0) is 4.79 Å². The molecule has 0 aromatic heterocycles. The Morgan fingerprint density at radius 2 is 1.91 bits per heavy atom. The fourth-order valence-corrected chi connectivity index (χ4v) is 6.57. The van der Waals surface area contributed by atoms with Crippen molar-refractivity contribution in [3.63, 3.8) is 0 Å². The highest BCUT2D eigenvalue weighted by Gasteiger charge is 2.63. The minimum Gasteiger partial charge on any atom is -0.393 e. The minimum absolute atomic E-state index is 0.0224. The molecule has 0 saturated heterocycles. The molecule has 0 spiro atoms. The van der Waals surface area contributed by atoms with Gasteiger partial charge in [-0.3, -0.25) is 4.79 Å².